The van der Waals surface area contributed by atoms with Gasteiger partial charge in [0.15, 0.2) is 0 Å². The normalized spacial score (nSPS) is 11.0. The van der Waals surface area contributed by atoms with Crippen molar-refractivity contribution in [3.63, 3.8) is 0 Å². The molecule has 0 bridgehead atoms. The van der Waals surface area contributed by atoms with Gasteiger partial charge in [0.2, 0.25) is 0 Å². The number of carboxylic acid groups (broad SMARTS) is 1. The van der Waals surface area contributed by atoms with Crippen LogP contribution in [0, 0.1) is 6.92 Å². The van der Waals surface area contributed by atoms with Crippen molar-refractivity contribution in [1.82, 2.24) is 14.7 Å². The summed E-state index contributed by atoms with van der Waals surface area (Å²) in [7, 11) is 0. The number of nitrogens with one attached hydrogen (secondary N) is 1. The monoisotopic (exact) mass is 393 g/mol. The number of fused-ring (bicyclic) bond motifs is 1. The number of hydrogen-bond donors (Lipinski definition) is 2. The number of aryl methyl sites for hydroxylation is 1. The highest BCUT2D eigenvalue weighted by Crippen LogP contribution is 2.16. The van der Waals surface area contributed by atoms with Crippen LogP contribution in [-0.4, -0.2) is 32.9 Å². The zero-order valence-corrected chi connectivity index (χ0v) is 16.6. The second kappa shape index (κ2) is 10.9. The van der Waals surface area contributed by atoms with Gasteiger partial charge < -0.3 is 10.4 Å². The number of hydrogen-bond acceptors (Lipinski definition) is 3. The Morgan fingerprint density at radius 1 is 1.07 bits per heavy atom. The van der Waals surface area contributed by atoms with Crippen molar-refractivity contribution in [3.8, 4) is 0 Å². The summed E-state index contributed by atoms with van der Waals surface area (Å²) in [4.78, 5) is 27.3. The maximum absolute atomic E-state index is 12.5. The first-order valence-corrected chi connectivity index (χ1v) is 10.0. The molecule has 2 aromatic heterocycles. The van der Waals surface area contributed by atoms with Gasteiger partial charge >= 0.3 is 5.97 Å². The number of nitrogens with zero attached hydrogens (tertiary/aromatic N) is 2. The van der Waals surface area contributed by atoms with Crippen LogP contribution < -0.4 is 5.32 Å². The molecule has 7 heteroatoms. The van der Waals surface area contributed by atoms with E-state index in [1.54, 1.807) is 22.7 Å². The minimum absolute atomic E-state index is 0.124. The van der Waals surface area contributed by atoms with Crippen molar-refractivity contribution in [2.75, 3.05) is 6.54 Å². The lowest BCUT2D eigenvalue weighted by Gasteiger charge is -2.06. The number of aromatic nitrogens is 2. The number of carbonyl (C=O) groups is 2. The van der Waals surface area contributed by atoms with E-state index in [9.17, 15) is 9.59 Å². The van der Waals surface area contributed by atoms with E-state index < -0.39 is 5.97 Å². The predicted molar refractivity (Wildman–Crippen MR) is 106 cm³/mol. The van der Waals surface area contributed by atoms with Gasteiger partial charge in [-0.15, -0.1) is 0 Å². The smallest absolute Gasteiger partial charge is 0.303 e. The lowest BCUT2D eigenvalue weighted by molar-refractivity contribution is -0.137. The molecule has 2 rings (SSSR count). The maximum Gasteiger partial charge on any atom is 0.303 e. The molecule has 1 amide bonds. The van der Waals surface area contributed by atoms with Crippen LogP contribution in [-0.2, 0) is 4.79 Å². The van der Waals surface area contributed by atoms with E-state index in [0.717, 1.165) is 51.4 Å². The molecule has 0 aromatic carbocycles. The standard InChI is InChI=1S/C20H28ClN3O3/c1-15-19(24-14-16(21)11-12-17(24)23-15)20(27)22-13-9-7-5-3-2-4-6-8-10-18(25)26/h11-12,14H,2-10,13H2,1H3,(H,22,27)(H,25,26). The molecule has 148 valence electrons. The molecule has 0 spiro atoms. The summed E-state index contributed by atoms with van der Waals surface area (Å²) in [6.45, 7) is 2.47. The van der Waals surface area contributed by atoms with Gasteiger partial charge in [-0.05, 0) is 31.9 Å². The molecule has 0 aliphatic rings. The number of imidazole rings is 1. The third-order valence-corrected chi connectivity index (χ3v) is 4.80. The van der Waals surface area contributed by atoms with Crippen molar-refractivity contribution in [1.29, 1.82) is 0 Å². The fourth-order valence-corrected chi connectivity index (χ4v) is 3.32. The summed E-state index contributed by atoms with van der Waals surface area (Å²) >= 11 is 6.03. The van der Waals surface area contributed by atoms with E-state index in [1.807, 2.05) is 6.92 Å². The van der Waals surface area contributed by atoms with Crippen molar-refractivity contribution < 1.29 is 14.7 Å². The molecular formula is C20H28ClN3O3. The quantitative estimate of drug-likeness (QED) is 0.515. The van der Waals surface area contributed by atoms with Gasteiger partial charge in [0.25, 0.3) is 5.91 Å². The predicted octanol–water partition coefficient (Wildman–Crippen LogP) is 4.62. The molecular weight excluding hydrogens is 366 g/mol. The van der Waals surface area contributed by atoms with Crippen LogP contribution >= 0.6 is 11.6 Å². The van der Waals surface area contributed by atoms with E-state index in [0.29, 0.717) is 28.6 Å². The molecule has 0 unspecified atom stereocenters. The summed E-state index contributed by atoms with van der Waals surface area (Å²) in [6.07, 6.45) is 10.3. The maximum atomic E-state index is 12.5. The largest absolute Gasteiger partial charge is 0.481 e. The van der Waals surface area contributed by atoms with Crippen LogP contribution in [0.25, 0.3) is 5.65 Å². The van der Waals surface area contributed by atoms with Gasteiger partial charge in [0, 0.05) is 19.2 Å². The summed E-state index contributed by atoms with van der Waals surface area (Å²) in [5, 5.41) is 12.1. The molecule has 0 aliphatic heterocycles. The highest BCUT2D eigenvalue weighted by Gasteiger charge is 2.16. The summed E-state index contributed by atoms with van der Waals surface area (Å²) in [5.74, 6) is -0.833. The average molecular weight is 394 g/mol. The molecule has 0 fully saturated rings. The van der Waals surface area contributed by atoms with Crippen molar-refractivity contribution in [2.45, 2.75) is 64.7 Å². The number of amides is 1. The fourth-order valence-electron chi connectivity index (χ4n) is 3.16. The first-order chi connectivity index (χ1) is 13.0. The van der Waals surface area contributed by atoms with Crippen LogP contribution in [0.4, 0.5) is 0 Å². The first kappa shape index (κ1) is 21.2. The van der Waals surface area contributed by atoms with E-state index in [1.165, 1.54) is 0 Å². The number of halogens is 1. The number of pyridine rings is 1. The highest BCUT2D eigenvalue weighted by molar-refractivity contribution is 6.30. The highest BCUT2D eigenvalue weighted by atomic mass is 35.5. The van der Waals surface area contributed by atoms with Gasteiger partial charge in [0.05, 0.1) is 10.7 Å². The van der Waals surface area contributed by atoms with Gasteiger partial charge in [-0.2, -0.15) is 0 Å². The Kier molecular flexibility index (Phi) is 8.58. The Labute approximate surface area is 164 Å². The molecule has 2 aromatic rings. The van der Waals surface area contributed by atoms with Gasteiger partial charge in [-0.3, -0.25) is 14.0 Å². The topological polar surface area (TPSA) is 83.7 Å². The Balaban J connectivity index is 1.61. The minimum atomic E-state index is -0.709. The van der Waals surface area contributed by atoms with Crippen LogP contribution in [0.2, 0.25) is 5.02 Å². The third kappa shape index (κ3) is 6.86. The van der Waals surface area contributed by atoms with E-state index in [2.05, 4.69) is 10.3 Å². The molecule has 0 saturated carbocycles. The fraction of sp³-hybridized carbons (Fsp3) is 0.550. The van der Waals surface area contributed by atoms with Crippen LogP contribution in [0.15, 0.2) is 18.3 Å². The van der Waals surface area contributed by atoms with Crippen LogP contribution in [0.1, 0.15) is 74.0 Å². The lowest BCUT2D eigenvalue weighted by Crippen LogP contribution is -2.26. The number of unbranched alkanes of at least 4 members (excludes halogenated alkanes) is 7. The van der Waals surface area contributed by atoms with E-state index in [-0.39, 0.29) is 12.3 Å². The second-order valence-corrected chi connectivity index (χ2v) is 7.29. The van der Waals surface area contributed by atoms with Gasteiger partial charge in [0.1, 0.15) is 11.3 Å². The zero-order chi connectivity index (χ0) is 19.6. The van der Waals surface area contributed by atoms with Crippen LogP contribution in [0.3, 0.4) is 0 Å². The SMILES string of the molecule is Cc1nc2ccc(Cl)cn2c1C(=O)NCCCCCCCCCCC(=O)O. The Bertz CT molecular complexity index is 773. The zero-order valence-electron chi connectivity index (χ0n) is 15.8. The van der Waals surface area contributed by atoms with E-state index >= 15 is 0 Å². The Morgan fingerprint density at radius 3 is 2.37 bits per heavy atom. The molecule has 0 radical (unpaired) electrons. The molecule has 0 atom stereocenters. The van der Waals surface area contributed by atoms with Crippen molar-refractivity contribution >= 4 is 29.1 Å². The van der Waals surface area contributed by atoms with Crippen LogP contribution in [0.5, 0.6) is 0 Å². The lowest BCUT2D eigenvalue weighted by atomic mass is 10.1. The number of carbonyl (C=O) groups excluding carboxylic acids is 1. The Morgan fingerprint density at radius 2 is 1.70 bits per heavy atom. The van der Waals surface area contributed by atoms with Crippen molar-refractivity contribution in [3.05, 3.63) is 34.7 Å². The second-order valence-electron chi connectivity index (χ2n) is 6.85. The number of carboxylic acids is 1. The molecule has 27 heavy (non-hydrogen) atoms. The third-order valence-electron chi connectivity index (χ3n) is 4.57. The number of rotatable bonds is 12. The summed E-state index contributed by atoms with van der Waals surface area (Å²) < 4.78 is 1.73. The molecule has 0 aliphatic carbocycles. The van der Waals surface area contributed by atoms with Crippen molar-refractivity contribution in [2.24, 2.45) is 0 Å². The summed E-state index contributed by atoms with van der Waals surface area (Å²) in [6, 6.07) is 3.56. The first-order valence-electron chi connectivity index (χ1n) is 9.63. The summed E-state index contributed by atoms with van der Waals surface area (Å²) in [5.41, 5.74) is 1.94. The molecule has 2 N–H and O–H groups in total. The van der Waals surface area contributed by atoms with Gasteiger partial charge in [-0.1, -0.05) is 50.1 Å². The number of aliphatic carboxylic acids is 1. The van der Waals surface area contributed by atoms with E-state index in [4.69, 9.17) is 16.7 Å². The average Bonchev–Trinajstić information content (AvgIpc) is 2.94. The molecule has 0 saturated heterocycles. The van der Waals surface area contributed by atoms with Gasteiger partial charge in [-0.25, -0.2) is 4.98 Å². The Hall–Kier alpha value is -2.08. The minimum Gasteiger partial charge on any atom is -0.481 e. The molecule has 2 heterocycles. The molecule has 6 nitrogen and oxygen atoms in total.